The molecule has 3 nitrogen and oxygen atoms in total. The standard InChI is InChI=1S/C28H31N3/c1-20-8-7-9-23(18-20)19-31-22(3)21(2)26-12-15-29-28(27(26)31)30-16-13-25(14-17-30)24-10-5-4-6-11-24/h4-12,15,18,25H,13-14,16-17,19H2,1-3H3. The van der Waals surface area contributed by atoms with E-state index in [0.29, 0.717) is 5.92 Å². The predicted molar refractivity (Wildman–Crippen MR) is 130 cm³/mol. The lowest BCUT2D eigenvalue weighted by atomic mass is 9.89. The van der Waals surface area contributed by atoms with E-state index in [1.807, 2.05) is 6.20 Å². The van der Waals surface area contributed by atoms with Gasteiger partial charge >= 0.3 is 0 Å². The summed E-state index contributed by atoms with van der Waals surface area (Å²) >= 11 is 0. The summed E-state index contributed by atoms with van der Waals surface area (Å²) in [6, 6.07) is 22.0. The molecule has 1 aliphatic rings. The van der Waals surface area contributed by atoms with Gasteiger partial charge in [0.15, 0.2) is 5.82 Å². The molecule has 5 rings (SSSR count). The fourth-order valence-corrected chi connectivity index (χ4v) is 5.15. The largest absolute Gasteiger partial charge is 0.355 e. The first kappa shape index (κ1) is 19.9. The molecule has 1 fully saturated rings. The van der Waals surface area contributed by atoms with E-state index >= 15 is 0 Å². The van der Waals surface area contributed by atoms with E-state index in [4.69, 9.17) is 4.98 Å². The minimum atomic E-state index is 0.652. The molecular weight excluding hydrogens is 378 g/mol. The monoisotopic (exact) mass is 409 g/mol. The smallest absolute Gasteiger partial charge is 0.153 e. The van der Waals surface area contributed by atoms with Crippen molar-refractivity contribution in [1.82, 2.24) is 9.55 Å². The van der Waals surface area contributed by atoms with E-state index in [9.17, 15) is 0 Å². The predicted octanol–water partition coefficient (Wildman–Crippen LogP) is 6.39. The first-order chi connectivity index (χ1) is 15.1. The first-order valence-electron chi connectivity index (χ1n) is 11.4. The molecule has 0 amide bonds. The van der Waals surface area contributed by atoms with Crippen molar-refractivity contribution < 1.29 is 0 Å². The maximum Gasteiger partial charge on any atom is 0.153 e. The number of rotatable bonds is 4. The van der Waals surface area contributed by atoms with Crippen LogP contribution in [-0.2, 0) is 6.54 Å². The van der Waals surface area contributed by atoms with Gasteiger partial charge in [0, 0.05) is 36.9 Å². The molecule has 1 aliphatic heterocycles. The van der Waals surface area contributed by atoms with Gasteiger partial charge in [-0.15, -0.1) is 0 Å². The highest BCUT2D eigenvalue weighted by Crippen LogP contribution is 2.35. The Balaban J connectivity index is 1.49. The average Bonchev–Trinajstić information content (AvgIpc) is 3.05. The van der Waals surface area contributed by atoms with Crippen LogP contribution in [0.1, 0.15) is 46.7 Å². The number of hydrogen-bond acceptors (Lipinski definition) is 2. The van der Waals surface area contributed by atoms with Crippen LogP contribution in [0.15, 0.2) is 66.9 Å². The van der Waals surface area contributed by atoms with Gasteiger partial charge in [-0.05, 0) is 62.3 Å². The lowest BCUT2D eigenvalue weighted by Crippen LogP contribution is -2.33. The quantitative estimate of drug-likeness (QED) is 0.389. The number of nitrogens with zero attached hydrogens (tertiary/aromatic N) is 3. The number of benzene rings is 2. The zero-order valence-corrected chi connectivity index (χ0v) is 18.8. The van der Waals surface area contributed by atoms with E-state index < -0.39 is 0 Å². The van der Waals surface area contributed by atoms with Gasteiger partial charge in [0.2, 0.25) is 0 Å². The zero-order chi connectivity index (χ0) is 21.4. The summed E-state index contributed by atoms with van der Waals surface area (Å²) < 4.78 is 2.48. The molecule has 158 valence electrons. The molecular formula is C28H31N3. The van der Waals surface area contributed by atoms with Crippen molar-refractivity contribution in [2.75, 3.05) is 18.0 Å². The summed E-state index contributed by atoms with van der Waals surface area (Å²) in [5.41, 5.74) is 8.12. The third kappa shape index (κ3) is 3.74. The molecule has 4 aromatic rings. The SMILES string of the molecule is Cc1cccc(Cn2c(C)c(C)c3ccnc(N4CCC(c5ccccc5)CC4)c32)c1. The molecule has 2 aromatic heterocycles. The van der Waals surface area contributed by atoms with Gasteiger partial charge < -0.3 is 9.47 Å². The van der Waals surface area contributed by atoms with Crippen LogP contribution in [0.3, 0.4) is 0 Å². The number of aryl methyl sites for hydroxylation is 2. The van der Waals surface area contributed by atoms with Crippen molar-refractivity contribution in [3.8, 4) is 0 Å². The Bertz CT molecular complexity index is 1200. The van der Waals surface area contributed by atoms with Crippen molar-refractivity contribution >= 4 is 16.7 Å². The number of aromatic nitrogens is 2. The summed E-state index contributed by atoms with van der Waals surface area (Å²) in [6.45, 7) is 9.65. The second kappa shape index (κ2) is 8.22. The van der Waals surface area contributed by atoms with Crippen LogP contribution in [0.2, 0.25) is 0 Å². The average molecular weight is 410 g/mol. The molecule has 0 unspecified atom stereocenters. The van der Waals surface area contributed by atoms with Gasteiger partial charge in [0.25, 0.3) is 0 Å². The van der Waals surface area contributed by atoms with Crippen LogP contribution in [0.4, 0.5) is 5.82 Å². The summed E-state index contributed by atoms with van der Waals surface area (Å²) in [5, 5.41) is 1.33. The highest BCUT2D eigenvalue weighted by atomic mass is 15.2. The second-order valence-electron chi connectivity index (χ2n) is 8.99. The van der Waals surface area contributed by atoms with Gasteiger partial charge in [-0.2, -0.15) is 0 Å². The fourth-order valence-electron chi connectivity index (χ4n) is 5.15. The number of hydrogen-bond donors (Lipinski definition) is 0. The van der Waals surface area contributed by atoms with Gasteiger partial charge in [0.1, 0.15) is 0 Å². The summed E-state index contributed by atoms with van der Waals surface area (Å²) in [4.78, 5) is 7.42. The molecule has 3 heteroatoms. The molecule has 0 N–H and O–H groups in total. The van der Waals surface area contributed by atoms with Crippen molar-refractivity contribution in [3.05, 3.63) is 94.8 Å². The minimum absolute atomic E-state index is 0.652. The van der Waals surface area contributed by atoms with Crippen LogP contribution in [0.5, 0.6) is 0 Å². The molecule has 0 spiro atoms. The second-order valence-corrected chi connectivity index (χ2v) is 8.99. The summed E-state index contributed by atoms with van der Waals surface area (Å²) in [6.07, 6.45) is 4.35. The maximum absolute atomic E-state index is 4.91. The van der Waals surface area contributed by atoms with Crippen LogP contribution < -0.4 is 4.90 Å². The number of piperidine rings is 1. The molecule has 0 aliphatic carbocycles. The summed E-state index contributed by atoms with van der Waals surface area (Å²) in [7, 11) is 0. The Morgan fingerprint density at radius 2 is 1.68 bits per heavy atom. The lowest BCUT2D eigenvalue weighted by Gasteiger charge is -2.33. The molecule has 0 atom stereocenters. The molecule has 2 aromatic carbocycles. The summed E-state index contributed by atoms with van der Waals surface area (Å²) in [5.74, 6) is 1.80. The Hall–Kier alpha value is -3.07. The van der Waals surface area contributed by atoms with E-state index in [-0.39, 0.29) is 0 Å². The van der Waals surface area contributed by atoms with E-state index in [0.717, 1.165) is 25.5 Å². The third-order valence-corrected chi connectivity index (χ3v) is 7.02. The lowest BCUT2D eigenvalue weighted by molar-refractivity contribution is 0.503. The van der Waals surface area contributed by atoms with Crippen molar-refractivity contribution in [2.24, 2.45) is 0 Å². The van der Waals surface area contributed by atoms with Gasteiger partial charge in [-0.25, -0.2) is 4.98 Å². The van der Waals surface area contributed by atoms with E-state index in [1.165, 1.54) is 51.7 Å². The maximum atomic E-state index is 4.91. The van der Waals surface area contributed by atoms with Crippen LogP contribution in [0.25, 0.3) is 10.9 Å². The van der Waals surface area contributed by atoms with Gasteiger partial charge in [-0.3, -0.25) is 0 Å². The van der Waals surface area contributed by atoms with E-state index in [1.54, 1.807) is 0 Å². The van der Waals surface area contributed by atoms with Crippen molar-refractivity contribution in [2.45, 2.75) is 46.1 Å². The third-order valence-electron chi connectivity index (χ3n) is 7.02. The molecule has 0 radical (unpaired) electrons. The Morgan fingerprint density at radius 3 is 2.42 bits per heavy atom. The number of pyridine rings is 1. The van der Waals surface area contributed by atoms with Gasteiger partial charge in [0.05, 0.1) is 5.52 Å². The topological polar surface area (TPSA) is 21.1 Å². The Labute approximate surface area is 185 Å². The highest BCUT2D eigenvalue weighted by molar-refractivity contribution is 5.93. The molecule has 31 heavy (non-hydrogen) atoms. The Kier molecular flexibility index (Phi) is 5.27. The first-order valence-corrected chi connectivity index (χ1v) is 11.4. The Morgan fingerprint density at radius 1 is 0.903 bits per heavy atom. The minimum Gasteiger partial charge on any atom is -0.355 e. The fraction of sp³-hybridized carbons (Fsp3) is 0.321. The molecule has 3 heterocycles. The number of anilines is 1. The van der Waals surface area contributed by atoms with Crippen LogP contribution in [-0.4, -0.2) is 22.6 Å². The molecule has 1 saturated heterocycles. The zero-order valence-electron chi connectivity index (χ0n) is 18.8. The highest BCUT2D eigenvalue weighted by Gasteiger charge is 2.25. The van der Waals surface area contributed by atoms with Crippen LogP contribution >= 0.6 is 0 Å². The van der Waals surface area contributed by atoms with E-state index in [2.05, 4.69) is 90.9 Å². The normalized spacial score (nSPS) is 15.0. The van der Waals surface area contributed by atoms with Crippen LogP contribution in [0, 0.1) is 20.8 Å². The molecule has 0 bridgehead atoms. The van der Waals surface area contributed by atoms with Gasteiger partial charge in [-0.1, -0.05) is 60.2 Å². The van der Waals surface area contributed by atoms with Crippen molar-refractivity contribution in [3.63, 3.8) is 0 Å². The molecule has 0 saturated carbocycles. The number of fused-ring (bicyclic) bond motifs is 1. The van der Waals surface area contributed by atoms with Crippen molar-refractivity contribution in [1.29, 1.82) is 0 Å².